The molecule has 0 bridgehead atoms. The lowest BCUT2D eigenvalue weighted by Crippen LogP contribution is -2.27. The van der Waals surface area contributed by atoms with Crippen molar-refractivity contribution in [3.05, 3.63) is 15.6 Å². The van der Waals surface area contributed by atoms with Gasteiger partial charge in [-0.1, -0.05) is 0 Å². The van der Waals surface area contributed by atoms with Crippen LogP contribution >= 0.6 is 11.3 Å². The second kappa shape index (κ2) is 3.20. The predicted octanol–water partition coefficient (Wildman–Crippen LogP) is 1.98. The number of fused-ring (bicyclic) bond motifs is 1. The maximum atomic E-state index is 12.3. The van der Waals surface area contributed by atoms with E-state index in [1.165, 1.54) is 0 Å². The predicted molar refractivity (Wildman–Crippen MR) is 47.1 cm³/mol. The van der Waals surface area contributed by atoms with E-state index in [1.807, 2.05) is 0 Å². The molecule has 2 nitrogen and oxygen atoms in total. The summed E-state index contributed by atoms with van der Waals surface area (Å²) in [7, 11) is 0. The molecule has 0 spiro atoms. The number of hydrogen-bond donors (Lipinski definition) is 1. The van der Waals surface area contributed by atoms with Crippen LogP contribution in [0.3, 0.4) is 0 Å². The lowest BCUT2D eigenvalue weighted by molar-refractivity contribution is -0.137. The molecule has 0 amide bonds. The van der Waals surface area contributed by atoms with E-state index in [4.69, 9.17) is 5.73 Å². The molecule has 6 heteroatoms. The van der Waals surface area contributed by atoms with E-state index in [2.05, 4.69) is 4.98 Å². The molecular weight excluding hydrogens is 213 g/mol. The SMILES string of the molecule is NC1CCc2sc(C(F)(F)F)nc2C1. The monoisotopic (exact) mass is 222 g/mol. The van der Waals surface area contributed by atoms with Gasteiger partial charge in [-0.3, -0.25) is 0 Å². The summed E-state index contributed by atoms with van der Waals surface area (Å²) in [5.74, 6) is 0. The van der Waals surface area contributed by atoms with Crippen LogP contribution < -0.4 is 5.73 Å². The zero-order chi connectivity index (χ0) is 10.3. The maximum absolute atomic E-state index is 12.3. The van der Waals surface area contributed by atoms with Crippen LogP contribution in [0.25, 0.3) is 0 Å². The minimum atomic E-state index is -4.31. The van der Waals surface area contributed by atoms with Gasteiger partial charge in [0.05, 0.1) is 5.69 Å². The smallest absolute Gasteiger partial charge is 0.327 e. The van der Waals surface area contributed by atoms with E-state index in [0.29, 0.717) is 18.5 Å². The molecule has 1 aromatic rings. The summed E-state index contributed by atoms with van der Waals surface area (Å²) in [6.07, 6.45) is -2.45. The Labute approximate surface area is 82.9 Å². The molecule has 14 heavy (non-hydrogen) atoms. The number of aromatic nitrogens is 1. The van der Waals surface area contributed by atoms with Crippen LogP contribution in [0.4, 0.5) is 13.2 Å². The van der Waals surface area contributed by atoms with Crippen molar-refractivity contribution >= 4 is 11.3 Å². The highest BCUT2D eigenvalue weighted by atomic mass is 32.1. The molecule has 1 aliphatic rings. The summed E-state index contributed by atoms with van der Waals surface area (Å²) in [5.41, 5.74) is 6.19. The molecule has 0 fully saturated rings. The fraction of sp³-hybridized carbons (Fsp3) is 0.625. The Hall–Kier alpha value is -0.620. The number of thiazole rings is 1. The van der Waals surface area contributed by atoms with Crippen LogP contribution in [0.5, 0.6) is 0 Å². The molecule has 0 saturated heterocycles. The van der Waals surface area contributed by atoms with E-state index in [9.17, 15) is 13.2 Å². The number of rotatable bonds is 0. The van der Waals surface area contributed by atoms with Crippen molar-refractivity contribution in [2.75, 3.05) is 0 Å². The molecule has 1 aliphatic carbocycles. The number of halogens is 3. The topological polar surface area (TPSA) is 38.9 Å². The Morgan fingerprint density at radius 3 is 2.79 bits per heavy atom. The Balaban J connectivity index is 2.32. The molecule has 0 radical (unpaired) electrons. The highest BCUT2D eigenvalue weighted by molar-refractivity contribution is 7.11. The Bertz CT molecular complexity index is 345. The number of nitrogens with two attached hydrogens (primary N) is 1. The van der Waals surface area contributed by atoms with Crippen LogP contribution in [-0.2, 0) is 19.0 Å². The van der Waals surface area contributed by atoms with Gasteiger partial charge in [0.15, 0.2) is 5.01 Å². The van der Waals surface area contributed by atoms with Crippen LogP contribution in [0.1, 0.15) is 22.0 Å². The molecule has 1 unspecified atom stereocenters. The quantitative estimate of drug-likeness (QED) is 0.729. The molecule has 1 atom stereocenters. The molecule has 0 aromatic carbocycles. The Morgan fingerprint density at radius 1 is 1.43 bits per heavy atom. The van der Waals surface area contributed by atoms with Gasteiger partial charge in [-0.05, 0) is 12.8 Å². The van der Waals surface area contributed by atoms with Crippen molar-refractivity contribution in [2.45, 2.75) is 31.5 Å². The van der Waals surface area contributed by atoms with Gasteiger partial charge in [0.2, 0.25) is 0 Å². The van der Waals surface area contributed by atoms with E-state index in [-0.39, 0.29) is 6.04 Å². The van der Waals surface area contributed by atoms with Crippen LogP contribution in [0.2, 0.25) is 0 Å². The Morgan fingerprint density at radius 2 is 2.14 bits per heavy atom. The first-order chi connectivity index (χ1) is 6.47. The fourth-order valence-corrected chi connectivity index (χ4v) is 2.50. The van der Waals surface area contributed by atoms with Gasteiger partial charge in [-0.2, -0.15) is 13.2 Å². The van der Waals surface area contributed by atoms with Crippen molar-refractivity contribution < 1.29 is 13.2 Å². The molecular formula is C8H9F3N2S. The first kappa shape index (κ1) is 9.92. The first-order valence-electron chi connectivity index (χ1n) is 4.28. The van der Waals surface area contributed by atoms with E-state index in [1.54, 1.807) is 0 Å². The lowest BCUT2D eigenvalue weighted by Gasteiger charge is -2.15. The summed E-state index contributed by atoms with van der Waals surface area (Å²) < 4.78 is 36.9. The van der Waals surface area contributed by atoms with Crippen molar-refractivity contribution in [1.29, 1.82) is 0 Å². The first-order valence-corrected chi connectivity index (χ1v) is 5.10. The summed E-state index contributed by atoms with van der Waals surface area (Å²) >= 11 is 0.753. The molecule has 1 heterocycles. The molecule has 0 aliphatic heterocycles. The molecule has 2 rings (SSSR count). The summed E-state index contributed by atoms with van der Waals surface area (Å²) in [6, 6.07) is -0.0364. The van der Waals surface area contributed by atoms with Crippen LogP contribution in [-0.4, -0.2) is 11.0 Å². The zero-order valence-electron chi connectivity index (χ0n) is 7.27. The van der Waals surface area contributed by atoms with Gasteiger partial charge in [-0.25, -0.2) is 4.98 Å². The minimum Gasteiger partial charge on any atom is -0.327 e. The third-order valence-electron chi connectivity index (χ3n) is 2.22. The average molecular weight is 222 g/mol. The van der Waals surface area contributed by atoms with Crippen molar-refractivity contribution in [1.82, 2.24) is 4.98 Å². The third-order valence-corrected chi connectivity index (χ3v) is 3.42. The summed E-state index contributed by atoms with van der Waals surface area (Å²) in [5, 5.41) is -0.739. The number of nitrogens with zero attached hydrogens (tertiary/aromatic N) is 1. The maximum Gasteiger partial charge on any atom is 0.443 e. The largest absolute Gasteiger partial charge is 0.443 e. The Kier molecular flexibility index (Phi) is 2.27. The van der Waals surface area contributed by atoms with E-state index < -0.39 is 11.2 Å². The van der Waals surface area contributed by atoms with Gasteiger partial charge >= 0.3 is 6.18 Å². The second-order valence-electron chi connectivity index (χ2n) is 3.39. The van der Waals surface area contributed by atoms with Gasteiger partial charge in [0, 0.05) is 17.3 Å². The fourth-order valence-electron chi connectivity index (χ4n) is 1.53. The standard InChI is InChI=1S/C8H9F3N2S/c9-8(10,11)7-13-5-3-4(12)1-2-6(5)14-7/h4H,1-3,12H2. The number of hydrogen-bond acceptors (Lipinski definition) is 3. The highest BCUT2D eigenvalue weighted by Crippen LogP contribution is 2.36. The lowest BCUT2D eigenvalue weighted by atomic mass is 9.99. The zero-order valence-corrected chi connectivity index (χ0v) is 8.08. The molecule has 0 saturated carbocycles. The number of aryl methyl sites for hydroxylation is 1. The van der Waals surface area contributed by atoms with Crippen molar-refractivity contribution in [2.24, 2.45) is 5.73 Å². The van der Waals surface area contributed by atoms with E-state index in [0.717, 1.165) is 22.6 Å². The van der Waals surface area contributed by atoms with Crippen molar-refractivity contribution in [3.63, 3.8) is 0 Å². The van der Waals surface area contributed by atoms with Crippen LogP contribution in [0, 0.1) is 0 Å². The summed E-state index contributed by atoms with van der Waals surface area (Å²) in [6.45, 7) is 0. The molecule has 1 aromatic heterocycles. The van der Waals surface area contributed by atoms with E-state index >= 15 is 0 Å². The van der Waals surface area contributed by atoms with Crippen LogP contribution in [0.15, 0.2) is 0 Å². The summed E-state index contributed by atoms with van der Waals surface area (Å²) in [4.78, 5) is 4.34. The number of alkyl halides is 3. The van der Waals surface area contributed by atoms with Gasteiger partial charge in [-0.15, -0.1) is 11.3 Å². The van der Waals surface area contributed by atoms with Crippen molar-refractivity contribution in [3.8, 4) is 0 Å². The van der Waals surface area contributed by atoms with Gasteiger partial charge in [0.1, 0.15) is 0 Å². The molecule has 78 valence electrons. The average Bonchev–Trinajstić information content (AvgIpc) is 2.45. The minimum absolute atomic E-state index is 0.0364. The van der Waals surface area contributed by atoms with Gasteiger partial charge in [0.25, 0.3) is 0 Å². The molecule has 2 N–H and O–H groups in total. The van der Waals surface area contributed by atoms with Gasteiger partial charge < -0.3 is 5.73 Å². The normalized spacial score (nSPS) is 22.1. The highest BCUT2D eigenvalue weighted by Gasteiger charge is 2.36. The second-order valence-corrected chi connectivity index (χ2v) is 4.47. The third kappa shape index (κ3) is 1.76.